The molecule has 0 aromatic rings. The summed E-state index contributed by atoms with van der Waals surface area (Å²) in [5.41, 5.74) is 0. The highest BCUT2D eigenvalue weighted by Crippen LogP contribution is 2.38. The summed E-state index contributed by atoms with van der Waals surface area (Å²) in [5.74, 6) is 0. The molecule has 0 radical (unpaired) electrons. The quantitative estimate of drug-likeness (QED) is 0.515. The molecule has 3 atom stereocenters. The van der Waals surface area contributed by atoms with Crippen LogP contribution in [0.5, 0.6) is 0 Å². The summed E-state index contributed by atoms with van der Waals surface area (Å²) in [4.78, 5) is 10.1. The Hall–Kier alpha value is -0.770. The Morgan fingerprint density at radius 3 is 2.60 bits per heavy atom. The Morgan fingerprint density at radius 2 is 2.10 bits per heavy atom. The fourth-order valence-corrected chi connectivity index (χ4v) is 1.54. The summed E-state index contributed by atoms with van der Waals surface area (Å²) in [5, 5.41) is 10.8. The zero-order chi connectivity index (χ0) is 7.14. The number of hydrogen-bond acceptors (Lipinski definition) is 2. The van der Waals surface area contributed by atoms with Crippen molar-refractivity contribution in [2.45, 2.75) is 31.1 Å². The van der Waals surface area contributed by atoms with Gasteiger partial charge in [0.25, 0.3) is 0 Å². The molecule has 1 saturated carbocycles. The first kappa shape index (κ1) is 5.97. The van der Waals surface area contributed by atoms with Gasteiger partial charge in [-0.3, -0.25) is 0 Å². The predicted octanol–water partition coefficient (Wildman–Crippen LogP) is 0.184. The lowest BCUT2D eigenvalue weighted by atomic mass is 10.2. The van der Waals surface area contributed by atoms with Crippen molar-refractivity contribution in [3.63, 3.8) is 0 Å². The first-order chi connectivity index (χ1) is 4.75. The van der Waals surface area contributed by atoms with E-state index in [-0.39, 0.29) is 6.04 Å². The Bertz CT molecular complexity index is 160. The maximum atomic E-state index is 10.1. The average molecular weight is 143 g/mol. The van der Waals surface area contributed by atoms with Gasteiger partial charge in [0.1, 0.15) is 0 Å². The van der Waals surface area contributed by atoms with Gasteiger partial charge in [-0.05, 0) is 12.8 Å². The van der Waals surface area contributed by atoms with Crippen LogP contribution in [0.25, 0.3) is 0 Å². The van der Waals surface area contributed by atoms with Crippen molar-refractivity contribution in [2.75, 3.05) is 0 Å². The SMILES string of the molecule is O=C(O)NC1CC2O[C@H]2C1. The van der Waals surface area contributed by atoms with Crippen LogP contribution in [0.1, 0.15) is 12.8 Å². The highest BCUT2D eigenvalue weighted by atomic mass is 16.6. The molecule has 2 aliphatic rings. The molecule has 0 bridgehead atoms. The van der Waals surface area contributed by atoms with E-state index in [4.69, 9.17) is 9.84 Å². The van der Waals surface area contributed by atoms with Crippen LogP contribution in [0.2, 0.25) is 0 Å². The van der Waals surface area contributed by atoms with Gasteiger partial charge in [-0.15, -0.1) is 0 Å². The number of nitrogens with one attached hydrogen (secondary N) is 1. The molecule has 1 amide bonds. The van der Waals surface area contributed by atoms with Gasteiger partial charge in [-0.1, -0.05) is 0 Å². The normalized spacial score (nSPS) is 42.6. The number of ether oxygens (including phenoxy) is 1. The van der Waals surface area contributed by atoms with Crippen LogP contribution in [-0.4, -0.2) is 29.4 Å². The molecule has 4 heteroatoms. The van der Waals surface area contributed by atoms with Crippen molar-refractivity contribution in [2.24, 2.45) is 0 Å². The summed E-state index contributed by atoms with van der Waals surface area (Å²) < 4.78 is 5.13. The lowest BCUT2D eigenvalue weighted by molar-refractivity contribution is 0.185. The minimum atomic E-state index is -0.925. The van der Waals surface area contributed by atoms with Gasteiger partial charge in [0, 0.05) is 6.04 Å². The van der Waals surface area contributed by atoms with Crippen LogP contribution in [-0.2, 0) is 4.74 Å². The zero-order valence-corrected chi connectivity index (χ0v) is 5.41. The van der Waals surface area contributed by atoms with Crippen LogP contribution < -0.4 is 5.32 Å². The summed E-state index contributed by atoms with van der Waals surface area (Å²) in [7, 11) is 0. The van der Waals surface area contributed by atoms with E-state index in [0.717, 1.165) is 12.8 Å². The predicted molar refractivity (Wildman–Crippen MR) is 32.8 cm³/mol. The van der Waals surface area contributed by atoms with Gasteiger partial charge < -0.3 is 15.2 Å². The fourth-order valence-electron chi connectivity index (χ4n) is 1.54. The van der Waals surface area contributed by atoms with Gasteiger partial charge >= 0.3 is 6.09 Å². The van der Waals surface area contributed by atoms with Crippen LogP contribution in [0, 0.1) is 0 Å². The third-order valence-corrected chi connectivity index (χ3v) is 2.05. The third-order valence-electron chi connectivity index (χ3n) is 2.05. The third kappa shape index (κ3) is 0.945. The fraction of sp³-hybridized carbons (Fsp3) is 0.833. The number of rotatable bonds is 1. The van der Waals surface area contributed by atoms with E-state index in [2.05, 4.69) is 5.32 Å². The number of hydrogen-bond donors (Lipinski definition) is 2. The van der Waals surface area contributed by atoms with Gasteiger partial charge in [-0.25, -0.2) is 4.79 Å². The zero-order valence-electron chi connectivity index (χ0n) is 5.41. The Labute approximate surface area is 58.2 Å². The van der Waals surface area contributed by atoms with Crippen molar-refractivity contribution in [3.05, 3.63) is 0 Å². The molecule has 2 N–H and O–H groups in total. The molecule has 56 valence electrons. The minimum Gasteiger partial charge on any atom is -0.465 e. The molecule has 0 aromatic heterocycles. The van der Waals surface area contributed by atoms with Crippen molar-refractivity contribution < 1.29 is 14.6 Å². The molecule has 0 aromatic carbocycles. The van der Waals surface area contributed by atoms with E-state index in [0.29, 0.717) is 12.2 Å². The van der Waals surface area contributed by atoms with Gasteiger partial charge in [0.15, 0.2) is 0 Å². The Morgan fingerprint density at radius 1 is 1.50 bits per heavy atom. The van der Waals surface area contributed by atoms with Crippen molar-refractivity contribution in [1.82, 2.24) is 5.32 Å². The lowest BCUT2D eigenvalue weighted by Crippen LogP contribution is -2.32. The number of fused-ring (bicyclic) bond motifs is 1. The standard InChI is InChI=1S/C6H9NO3/c8-6(9)7-3-1-4-5(2-3)10-4/h3-5,7H,1-2H2,(H,8,9)/t3?,4-,5?/m0/s1. The molecule has 2 fully saturated rings. The maximum absolute atomic E-state index is 10.1. The van der Waals surface area contributed by atoms with E-state index in [1.54, 1.807) is 0 Å². The second-order valence-electron chi connectivity index (χ2n) is 2.83. The molecule has 1 heterocycles. The van der Waals surface area contributed by atoms with E-state index >= 15 is 0 Å². The molecule has 1 aliphatic heterocycles. The van der Waals surface area contributed by atoms with Crippen molar-refractivity contribution in [1.29, 1.82) is 0 Å². The topological polar surface area (TPSA) is 61.9 Å². The first-order valence-electron chi connectivity index (χ1n) is 3.40. The smallest absolute Gasteiger partial charge is 0.404 e. The molecule has 10 heavy (non-hydrogen) atoms. The Kier molecular flexibility index (Phi) is 1.11. The number of amides is 1. The molecule has 0 spiro atoms. The van der Waals surface area contributed by atoms with E-state index in [1.165, 1.54) is 0 Å². The summed E-state index contributed by atoms with van der Waals surface area (Å²) >= 11 is 0. The number of epoxide rings is 1. The first-order valence-corrected chi connectivity index (χ1v) is 3.40. The van der Waals surface area contributed by atoms with Crippen LogP contribution in [0.4, 0.5) is 4.79 Å². The van der Waals surface area contributed by atoms with Crippen molar-refractivity contribution >= 4 is 6.09 Å². The van der Waals surface area contributed by atoms with Crippen LogP contribution >= 0.6 is 0 Å². The number of carbonyl (C=O) groups is 1. The van der Waals surface area contributed by atoms with Gasteiger partial charge in [0.05, 0.1) is 12.2 Å². The molecule has 1 aliphatic carbocycles. The molecular weight excluding hydrogens is 134 g/mol. The minimum absolute atomic E-state index is 0.140. The molecule has 1 saturated heterocycles. The summed E-state index contributed by atoms with van der Waals surface area (Å²) in [6.45, 7) is 0. The lowest BCUT2D eigenvalue weighted by Gasteiger charge is -2.09. The van der Waals surface area contributed by atoms with Crippen LogP contribution in [0.3, 0.4) is 0 Å². The largest absolute Gasteiger partial charge is 0.465 e. The molecular formula is C6H9NO3. The van der Waals surface area contributed by atoms with Crippen molar-refractivity contribution in [3.8, 4) is 0 Å². The van der Waals surface area contributed by atoms with E-state index in [1.807, 2.05) is 0 Å². The monoisotopic (exact) mass is 143 g/mol. The summed E-state index contributed by atoms with van der Waals surface area (Å²) in [6, 6.07) is 0.140. The molecule has 2 unspecified atom stereocenters. The Balaban J connectivity index is 1.80. The second kappa shape index (κ2) is 1.85. The molecule has 2 rings (SSSR count). The van der Waals surface area contributed by atoms with E-state index < -0.39 is 6.09 Å². The van der Waals surface area contributed by atoms with E-state index in [9.17, 15) is 4.79 Å². The second-order valence-corrected chi connectivity index (χ2v) is 2.83. The maximum Gasteiger partial charge on any atom is 0.404 e. The average Bonchev–Trinajstić information content (AvgIpc) is 2.39. The summed E-state index contributed by atoms with van der Waals surface area (Å²) in [6.07, 6.45) is 1.51. The molecule has 4 nitrogen and oxygen atoms in total. The highest BCUT2D eigenvalue weighted by molar-refractivity contribution is 5.64. The van der Waals surface area contributed by atoms with Gasteiger partial charge in [0.2, 0.25) is 0 Å². The van der Waals surface area contributed by atoms with Crippen LogP contribution in [0.15, 0.2) is 0 Å². The highest BCUT2D eigenvalue weighted by Gasteiger charge is 2.48. The number of carboxylic acid groups (broad SMARTS) is 1. The van der Waals surface area contributed by atoms with Gasteiger partial charge in [-0.2, -0.15) is 0 Å².